The molecule has 0 aromatic heterocycles. The van der Waals surface area contributed by atoms with Crippen molar-refractivity contribution >= 4 is 17.7 Å². The summed E-state index contributed by atoms with van der Waals surface area (Å²) >= 11 is 0. The standard InChI is InChI=1S/C12H14N2O4/c15-11(16)7-18-10-4-2-1-3-9(10)14-12(17)13-8-5-6-8/h1-4,8H,5-7H2,(H,15,16)(H2,13,14,17). The van der Waals surface area contributed by atoms with E-state index < -0.39 is 12.6 Å². The molecule has 6 heteroatoms. The summed E-state index contributed by atoms with van der Waals surface area (Å²) in [5.74, 6) is -0.724. The molecule has 0 aliphatic heterocycles. The third kappa shape index (κ3) is 3.65. The van der Waals surface area contributed by atoms with Crippen LogP contribution >= 0.6 is 0 Å². The summed E-state index contributed by atoms with van der Waals surface area (Å²) in [6.45, 7) is -0.442. The molecule has 18 heavy (non-hydrogen) atoms. The number of carboxylic acid groups (broad SMARTS) is 1. The molecule has 3 N–H and O–H groups in total. The van der Waals surface area contributed by atoms with Crippen molar-refractivity contribution in [3.05, 3.63) is 24.3 Å². The summed E-state index contributed by atoms with van der Waals surface area (Å²) in [5.41, 5.74) is 0.455. The Kier molecular flexibility index (Phi) is 3.66. The van der Waals surface area contributed by atoms with Crippen LogP contribution in [0, 0.1) is 0 Å². The van der Waals surface area contributed by atoms with E-state index in [-0.39, 0.29) is 12.1 Å². The van der Waals surface area contributed by atoms with Crippen molar-refractivity contribution in [2.75, 3.05) is 11.9 Å². The molecule has 1 saturated carbocycles. The molecule has 0 heterocycles. The van der Waals surface area contributed by atoms with Gasteiger partial charge in [-0.25, -0.2) is 9.59 Å². The number of amides is 2. The number of carbonyl (C=O) groups excluding carboxylic acids is 1. The molecule has 1 aromatic carbocycles. The van der Waals surface area contributed by atoms with Gasteiger partial charge >= 0.3 is 12.0 Å². The fourth-order valence-corrected chi connectivity index (χ4v) is 1.41. The first-order chi connectivity index (χ1) is 8.65. The highest BCUT2D eigenvalue weighted by atomic mass is 16.5. The molecule has 0 spiro atoms. The van der Waals surface area contributed by atoms with E-state index in [0.717, 1.165) is 12.8 Å². The highest BCUT2D eigenvalue weighted by Gasteiger charge is 2.23. The quantitative estimate of drug-likeness (QED) is 0.737. The Balaban J connectivity index is 1.96. The minimum Gasteiger partial charge on any atom is -0.480 e. The summed E-state index contributed by atoms with van der Waals surface area (Å²) in [5, 5.41) is 14.0. The van der Waals surface area contributed by atoms with Crippen LogP contribution in [-0.4, -0.2) is 29.8 Å². The third-order valence-electron chi connectivity index (χ3n) is 2.40. The molecule has 2 amide bonds. The van der Waals surface area contributed by atoms with Crippen molar-refractivity contribution in [1.29, 1.82) is 0 Å². The smallest absolute Gasteiger partial charge is 0.341 e. The zero-order valence-electron chi connectivity index (χ0n) is 9.68. The normalized spacial score (nSPS) is 13.8. The minimum absolute atomic E-state index is 0.261. The van der Waals surface area contributed by atoms with Crippen molar-refractivity contribution in [3.8, 4) is 5.75 Å². The molecule has 1 aromatic rings. The zero-order chi connectivity index (χ0) is 13.0. The number of aliphatic carboxylic acids is 1. The highest BCUT2D eigenvalue weighted by Crippen LogP contribution is 2.24. The number of carbonyl (C=O) groups is 2. The van der Waals surface area contributed by atoms with Gasteiger partial charge in [-0.2, -0.15) is 0 Å². The molecule has 2 rings (SSSR count). The average Bonchev–Trinajstić information content (AvgIpc) is 3.11. The van der Waals surface area contributed by atoms with E-state index >= 15 is 0 Å². The summed E-state index contributed by atoms with van der Waals surface area (Å²) in [4.78, 5) is 22.0. The van der Waals surface area contributed by atoms with Crippen LogP contribution in [0.25, 0.3) is 0 Å². The van der Waals surface area contributed by atoms with E-state index in [9.17, 15) is 9.59 Å². The Labute approximate surface area is 104 Å². The van der Waals surface area contributed by atoms with Gasteiger partial charge in [-0.3, -0.25) is 0 Å². The molecule has 0 unspecified atom stereocenters. The largest absolute Gasteiger partial charge is 0.480 e. The van der Waals surface area contributed by atoms with Crippen LogP contribution in [0.15, 0.2) is 24.3 Å². The van der Waals surface area contributed by atoms with Gasteiger partial charge < -0.3 is 20.5 Å². The number of ether oxygens (including phenoxy) is 1. The molecule has 6 nitrogen and oxygen atoms in total. The fraction of sp³-hybridized carbons (Fsp3) is 0.333. The van der Waals surface area contributed by atoms with Gasteiger partial charge in [0.05, 0.1) is 5.69 Å². The second kappa shape index (κ2) is 5.39. The molecular weight excluding hydrogens is 236 g/mol. The Morgan fingerprint density at radius 2 is 2.06 bits per heavy atom. The van der Waals surface area contributed by atoms with Crippen molar-refractivity contribution in [2.45, 2.75) is 18.9 Å². The van der Waals surface area contributed by atoms with Gasteiger partial charge in [0, 0.05) is 6.04 Å². The molecule has 0 atom stereocenters. The second-order valence-electron chi connectivity index (χ2n) is 4.05. The van der Waals surface area contributed by atoms with Crippen LogP contribution in [-0.2, 0) is 4.79 Å². The number of rotatable bonds is 5. The lowest BCUT2D eigenvalue weighted by Gasteiger charge is -2.11. The second-order valence-corrected chi connectivity index (χ2v) is 4.05. The average molecular weight is 250 g/mol. The van der Waals surface area contributed by atoms with Gasteiger partial charge in [0.2, 0.25) is 0 Å². The Hall–Kier alpha value is -2.24. The SMILES string of the molecule is O=C(O)COc1ccccc1NC(=O)NC1CC1. The monoisotopic (exact) mass is 250 g/mol. The van der Waals surface area contributed by atoms with Crippen LogP contribution in [0.2, 0.25) is 0 Å². The van der Waals surface area contributed by atoms with E-state index in [0.29, 0.717) is 11.4 Å². The number of urea groups is 1. The topological polar surface area (TPSA) is 87.7 Å². The number of nitrogens with one attached hydrogen (secondary N) is 2. The Morgan fingerprint density at radius 3 is 2.72 bits per heavy atom. The van der Waals surface area contributed by atoms with Crippen molar-refractivity contribution in [1.82, 2.24) is 5.32 Å². The molecule has 0 radical (unpaired) electrons. The number of anilines is 1. The van der Waals surface area contributed by atoms with Gasteiger partial charge in [-0.1, -0.05) is 12.1 Å². The Bertz CT molecular complexity index is 457. The van der Waals surface area contributed by atoms with E-state index in [2.05, 4.69) is 10.6 Å². The molecule has 1 aliphatic carbocycles. The maximum absolute atomic E-state index is 11.6. The number of hydrogen-bond donors (Lipinski definition) is 3. The summed E-state index contributed by atoms with van der Waals surface area (Å²) in [6, 6.07) is 6.67. The van der Waals surface area contributed by atoms with Crippen LogP contribution in [0.3, 0.4) is 0 Å². The lowest BCUT2D eigenvalue weighted by Crippen LogP contribution is -2.30. The van der Waals surface area contributed by atoms with Crippen molar-refractivity contribution < 1.29 is 19.4 Å². The first-order valence-corrected chi connectivity index (χ1v) is 5.66. The summed E-state index contributed by atoms with van der Waals surface area (Å²) in [7, 11) is 0. The number of para-hydroxylation sites is 2. The molecule has 96 valence electrons. The van der Waals surface area contributed by atoms with Gasteiger partial charge in [0.15, 0.2) is 6.61 Å². The first-order valence-electron chi connectivity index (χ1n) is 5.66. The number of carboxylic acids is 1. The van der Waals surface area contributed by atoms with Crippen molar-refractivity contribution in [3.63, 3.8) is 0 Å². The number of benzene rings is 1. The zero-order valence-corrected chi connectivity index (χ0v) is 9.68. The van der Waals surface area contributed by atoms with Gasteiger partial charge in [0.25, 0.3) is 0 Å². The predicted molar refractivity (Wildman–Crippen MR) is 64.7 cm³/mol. The number of hydrogen-bond acceptors (Lipinski definition) is 3. The molecule has 0 saturated heterocycles. The maximum atomic E-state index is 11.6. The molecular formula is C12H14N2O4. The fourth-order valence-electron chi connectivity index (χ4n) is 1.41. The van der Waals surface area contributed by atoms with Crippen molar-refractivity contribution in [2.24, 2.45) is 0 Å². The van der Waals surface area contributed by atoms with Gasteiger partial charge in [0.1, 0.15) is 5.75 Å². The molecule has 1 aliphatic rings. The van der Waals surface area contributed by atoms with E-state index in [1.165, 1.54) is 0 Å². The van der Waals surface area contributed by atoms with E-state index in [1.54, 1.807) is 24.3 Å². The Morgan fingerprint density at radius 1 is 1.33 bits per heavy atom. The van der Waals surface area contributed by atoms with Crippen LogP contribution < -0.4 is 15.4 Å². The first kappa shape index (κ1) is 12.2. The lowest BCUT2D eigenvalue weighted by atomic mass is 10.3. The van der Waals surface area contributed by atoms with Gasteiger partial charge in [-0.15, -0.1) is 0 Å². The van der Waals surface area contributed by atoms with Crippen LogP contribution in [0.1, 0.15) is 12.8 Å². The molecule has 0 bridgehead atoms. The van der Waals surface area contributed by atoms with E-state index in [1.807, 2.05) is 0 Å². The third-order valence-corrected chi connectivity index (χ3v) is 2.40. The van der Waals surface area contributed by atoms with Gasteiger partial charge in [-0.05, 0) is 25.0 Å². The van der Waals surface area contributed by atoms with E-state index in [4.69, 9.17) is 9.84 Å². The lowest BCUT2D eigenvalue weighted by molar-refractivity contribution is -0.139. The minimum atomic E-state index is -1.06. The van der Waals surface area contributed by atoms with Crippen LogP contribution in [0.4, 0.5) is 10.5 Å². The summed E-state index contributed by atoms with van der Waals surface area (Å²) in [6.07, 6.45) is 2.01. The van der Waals surface area contributed by atoms with Crippen LogP contribution in [0.5, 0.6) is 5.75 Å². The maximum Gasteiger partial charge on any atom is 0.341 e. The predicted octanol–water partition coefficient (Wildman–Crippen LogP) is 1.43. The summed E-state index contributed by atoms with van der Waals surface area (Å²) < 4.78 is 5.08. The highest BCUT2D eigenvalue weighted by molar-refractivity contribution is 5.91. The molecule has 1 fully saturated rings.